The highest BCUT2D eigenvalue weighted by atomic mass is 19.1. The standard InChI is InChI=1S/C28H38FN9/c1-18-13-20(5-6-22(18)29)23-16-38(12-9-35-28(2,3)4)26(36-23)19-7-10-37(11-8-19)27-24(21(14-30)15-31)25(32)33-17-34-27/h5-6,13-17,19,21,30-31,35H,7-12H2,1-4H3,(H2,32,33,34). The number of aryl methyl sites for hydroxylation is 1. The Morgan fingerprint density at radius 1 is 1.18 bits per heavy atom. The van der Waals surface area contributed by atoms with Crippen molar-refractivity contribution in [2.45, 2.75) is 64.5 Å². The molecule has 202 valence electrons. The zero-order chi connectivity index (χ0) is 27.4. The molecule has 1 fully saturated rings. The van der Waals surface area contributed by atoms with E-state index >= 15 is 0 Å². The summed E-state index contributed by atoms with van der Waals surface area (Å²) in [5, 5.41) is 19.0. The minimum atomic E-state index is -0.556. The molecule has 0 atom stereocenters. The van der Waals surface area contributed by atoms with Crippen molar-refractivity contribution in [2.75, 3.05) is 30.3 Å². The summed E-state index contributed by atoms with van der Waals surface area (Å²) in [6.07, 6.45) is 7.65. The summed E-state index contributed by atoms with van der Waals surface area (Å²) in [5.74, 6) is 1.51. The zero-order valence-electron chi connectivity index (χ0n) is 22.6. The van der Waals surface area contributed by atoms with Gasteiger partial charge in [0.05, 0.1) is 17.2 Å². The molecule has 5 N–H and O–H groups in total. The first-order valence-electron chi connectivity index (χ1n) is 13.1. The molecule has 0 aliphatic carbocycles. The summed E-state index contributed by atoms with van der Waals surface area (Å²) in [7, 11) is 0. The van der Waals surface area contributed by atoms with E-state index in [0.717, 1.165) is 56.1 Å². The molecule has 1 saturated heterocycles. The first-order valence-corrected chi connectivity index (χ1v) is 13.1. The van der Waals surface area contributed by atoms with Crippen molar-refractivity contribution >= 4 is 24.1 Å². The van der Waals surface area contributed by atoms with Crippen LogP contribution in [0, 0.1) is 23.6 Å². The highest BCUT2D eigenvalue weighted by Gasteiger charge is 2.29. The molecule has 1 aliphatic rings. The van der Waals surface area contributed by atoms with Gasteiger partial charge < -0.3 is 31.3 Å². The van der Waals surface area contributed by atoms with E-state index in [0.29, 0.717) is 22.8 Å². The van der Waals surface area contributed by atoms with Crippen LogP contribution >= 0.6 is 0 Å². The van der Waals surface area contributed by atoms with Gasteiger partial charge in [-0.2, -0.15) is 0 Å². The van der Waals surface area contributed by atoms with Crippen molar-refractivity contribution in [1.82, 2.24) is 24.8 Å². The van der Waals surface area contributed by atoms with E-state index in [2.05, 4.69) is 51.7 Å². The molecule has 3 aromatic rings. The molecule has 4 rings (SSSR count). The van der Waals surface area contributed by atoms with E-state index in [1.807, 2.05) is 6.07 Å². The number of rotatable bonds is 9. The summed E-state index contributed by atoms with van der Waals surface area (Å²) in [6, 6.07) is 5.15. The van der Waals surface area contributed by atoms with Crippen molar-refractivity contribution in [2.24, 2.45) is 0 Å². The minimum Gasteiger partial charge on any atom is -0.383 e. The minimum absolute atomic E-state index is 0.0187. The molecule has 2 aromatic heterocycles. The molecule has 3 heterocycles. The maximum atomic E-state index is 13.9. The van der Waals surface area contributed by atoms with Crippen molar-refractivity contribution in [3.05, 3.63) is 53.5 Å². The number of nitrogen functional groups attached to an aromatic ring is 1. The highest BCUT2D eigenvalue weighted by molar-refractivity contribution is 5.91. The number of hydrogen-bond acceptors (Lipinski definition) is 8. The molecule has 9 nitrogen and oxygen atoms in total. The lowest BCUT2D eigenvalue weighted by atomic mass is 9.94. The third kappa shape index (κ3) is 6.07. The quantitative estimate of drug-likeness (QED) is 0.307. The van der Waals surface area contributed by atoms with Crippen LogP contribution in [-0.4, -0.2) is 57.1 Å². The Morgan fingerprint density at radius 3 is 2.53 bits per heavy atom. The second-order valence-electron chi connectivity index (χ2n) is 10.9. The van der Waals surface area contributed by atoms with Crippen molar-refractivity contribution in [3.8, 4) is 11.3 Å². The van der Waals surface area contributed by atoms with E-state index in [1.54, 1.807) is 13.0 Å². The lowest BCUT2D eigenvalue weighted by molar-refractivity contribution is 0.402. The second kappa shape index (κ2) is 11.4. The number of hydrogen-bond donors (Lipinski definition) is 4. The largest absolute Gasteiger partial charge is 0.383 e. The SMILES string of the molecule is Cc1cc(-c2cn(CCNC(C)(C)C)c(C3CCN(c4ncnc(N)c4C(C=N)C=N)CC3)n2)ccc1F. The van der Waals surface area contributed by atoms with Gasteiger partial charge in [-0.15, -0.1) is 0 Å². The van der Waals surface area contributed by atoms with Gasteiger partial charge >= 0.3 is 0 Å². The van der Waals surface area contributed by atoms with Crippen LogP contribution in [0.5, 0.6) is 0 Å². The molecule has 0 saturated carbocycles. The van der Waals surface area contributed by atoms with E-state index in [-0.39, 0.29) is 17.3 Å². The zero-order valence-corrected chi connectivity index (χ0v) is 22.6. The van der Waals surface area contributed by atoms with E-state index in [9.17, 15) is 4.39 Å². The molecule has 0 unspecified atom stereocenters. The molecular weight excluding hydrogens is 481 g/mol. The normalized spacial score (nSPS) is 15.4. The maximum absolute atomic E-state index is 13.9. The van der Waals surface area contributed by atoms with E-state index < -0.39 is 5.92 Å². The molecule has 10 heteroatoms. The van der Waals surface area contributed by atoms with E-state index in [4.69, 9.17) is 21.5 Å². The van der Waals surface area contributed by atoms with Crippen LogP contribution in [-0.2, 0) is 6.54 Å². The van der Waals surface area contributed by atoms with Crippen LogP contribution < -0.4 is 16.0 Å². The fourth-order valence-electron chi connectivity index (χ4n) is 4.97. The van der Waals surface area contributed by atoms with Crippen LogP contribution in [0.1, 0.15) is 62.4 Å². The highest BCUT2D eigenvalue weighted by Crippen LogP contribution is 2.35. The lowest BCUT2D eigenvalue weighted by Crippen LogP contribution is -2.38. The number of benzene rings is 1. The first kappa shape index (κ1) is 27.4. The predicted octanol–water partition coefficient (Wildman–Crippen LogP) is 4.52. The third-order valence-electron chi connectivity index (χ3n) is 7.01. The number of nitrogens with one attached hydrogen (secondary N) is 3. The van der Waals surface area contributed by atoms with Crippen LogP contribution in [0.2, 0.25) is 0 Å². The number of halogens is 1. The van der Waals surface area contributed by atoms with Gasteiger partial charge in [0, 0.05) is 61.8 Å². The van der Waals surface area contributed by atoms with Gasteiger partial charge in [-0.1, -0.05) is 0 Å². The van der Waals surface area contributed by atoms with Crippen molar-refractivity contribution in [1.29, 1.82) is 10.8 Å². The van der Waals surface area contributed by atoms with Crippen molar-refractivity contribution < 1.29 is 4.39 Å². The second-order valence-corrected chi connectivity index (χ2v) is 10.9. The molecule has 0 amide bonds. The number of aromatic nitrogens is 4. The topological polar surface area (TPSA) is 133 Å². The molecule has 1 aliphatic heterocycles. The fourth-order valence-corrected chi connectivity index (χ4v) is 4.97. The van der Waals surface area contributed by atoms with Gasteiger partial charge in [0.1, 0.15) is 29.6 Å². The Hall–Kier alpha value is -3.66. The van der Waals surface area contributed by atoms with Gasteiger partial charge in [0.25, 0.3) is 0 Å². The summed E-state index contributed by atoms with van der Waals surface area (Å²) in [4.78, 5) is 15.8. The van der Waals surface area contributed by atoms with Gasteiger partial charge in [0.2, 0.25) is 0 Å². The summed E-state index contributed by atoms with van der Waals surface area (Å²) < 4.78 is 16.2. The number of nitrogens with two attached hydrogens (primary N) is 1. The Balaban J connectivity index is 1.58. The number of nitrogens with zero attached hydrogens (tertiary/aromatic N) is 5. The Morgan fingerprint density at radius 2 is 1.89 bits per heavy atom. The van der Waals surface area contributed by atoms with Crippen LogP contribution in [0.15, 0.2) is 30.7 Å². The monoisotopic (exact) mass is 519 g/mol. The predicted molar refractivity (Wildman–Crippen MR) is 151 cm³/mol. The summed E-state index contributed by atoms with van der Waals surface area (Å²) >= 11 is 0. The molecular formula is C28H38FN9. The van der Waals surface area contributed by atoms with Gasteiger partial charge in [-0.25, -0.2) is 19.3 Å². The Kier molecular flexibility index (Phi) is 8.20. The van der Waals surface area contributed by atoms with Crippen LogP contribution in [0.25, 0.3) is 11.3 Å². The fraction of sp³-hybridized carbons (Fsp3) is 0.464. The maximum Gasteiger partial charge on any atom is 0.138 e. The van der Waals surface area contributed by atoms with Gasteiger partial charge in [-0.05, 0) is 64.3 Å². The van der Waals surface area contributed by atoms with Gasteiger partial charge in [-0.3, -0.25) is 0 Å². The Bertz CT molecular complexity index is 1280. The smallest absolute Gasteiger partial charge is 0.138 e. The Labute approximate surface area is 223 Å². The molecule has 0 bridgehead atoms. The van der Waals surface area contributed by atoms with E-state index in [1.165, 1.54) is 24.8 Å². The van der Waals surface area contributed by atoms with Gasteiger partial charge in [0.15, 0.2) is 0 Å². The number of imidazole rings is 1. The first-order chi connectivity index (χ1) is 18.1. The third-order valence-corrected chi connectivity index (χ3v) is 7.01. The van der Waals surface area contributed by atoms with Crippen LogP contribution in [0.4, 0.5) is 16.0 Å². The molecule has 38 heavy (non-hydrogen) atoms. The van der Waals surface area contributed by atoms with Crippen molar-refractivity contribution in [3.63, 3.8) is 0 Å². The average Bonchev–Trinajstić information content (AvgIpc) is 3.30. The summed E-state index contributed by atoms with van der Waals surface area (Å²) in [6.45, 7) is 11.3. The number of piperidine rings is 1. The lowest BCUT2D eigenvalue weighted by Gasteiger charge is -2.34. The molecule has 0 radical (unpaired) electrons. The molecule has 1 aromatic carbocycles. The number of anilines is 2. The average molecular weight is 520 g/mol. The summed E-state index contributed by atoms with van der Waals surface area (Å²) in [5.41, 5.74) is 9.15. The van der Waals surface area contributed by atoms with Crippen LogP contribution in [0.3, 0.4) is 0 Å². The molecule has 0 spiro atoms.